The molecule has 18 heavy (non-hydrogen) atoms. The number of benzene rings is 1. The minimum absolute atomic E-state index is 0.142. The van der Waals surface area contributed by atoms with Crippen LogP contribution in [0.4, 0.5) is 0 Å². The standard InChI is InChI=1S/C15H23NO2/c1-16-13(11-17)9-10-18-15-8-4-6-12-5-2-3-7-14(12)15/h2-3,5,7,13,15-17H,4,6,8-11H2,1H3. The van der Waals surface area contributed by atoms with Crippen molar-refractivity contribution >= 4 is 0 Å². The van der Waals surface area contributed by atoms with Gasteiger partial charge < -0.3 is 15.2 Å². The number of rotatable bonds is 6. The van der Waals surface area contributed by atoms with Crippen LogP contribution >= 0.6 is 0 Å². The van der Waals surface area contributed by atoms with Crippen molar-refractivity contribution in [2.45, 2.75) is 37.8 Å². The van der Waals surface area contributed by atoms with Crippen LogP contribution in [0.15, 0.2) is 24.3 Å². The fraction of sp³-hybridized carbons (Fsp3) is 0.600. The molecule has 0 spiro atoms. The summed E-state index contributed by atoms with van der Waals surface area (Å²) in [5.74, 6) is 0. The lowest BCUT2D eigenvalue weighted by Crippen LogP contribution is -2.30. The van der Waals surface area contributed by atoms with E-state index in [4.69, 9.17) is 9.84 Å². The minimum atomic E-state index is 0.142. The second-order valence-corrected chi connectivity index (χ2v) is 4.91. The Morgan fingerprint density at radius 2 is 2.28 bits per heavy atom. The largest absolute Gasteiger partial charge is 0.395 e. The summed E-state index contributed by atoms with van der Waals surface area (Å²) in [6.45, 7) is 0.867. The van der Waals surface area contributed by atoms with E-state index in [2.05, 4.69) is 29.6 Å². The van der Waals surface area contributed by atoms with Gasteiger partial charge >= 0.3 is 0 Å². The third-order valence-electron chi connectivity index (χ3n) is 3.73. The molecule has 0 saturated carbocycles. The minimum Gasteiger partial charge on any atom is -0.395 e. The van der Waals surface area contributed by atoms with Crippen LogP contribution in [-0.4, -0.2) is 31.4 Å². The molecule has 0 amide bonds. The highest BCUT2D eigenvalue weighted by atomic mass is 16.5. The van der Waals surface area contributed by atoms with Crippen LogP contribution in [0.1, 0.15) is 36.5 Å². The number of aliphatic hydroxyl groups excluding tert-OH is 1. The van der Waals surface area contributed by atoms with E-state index in [0.29, 0.717) is 6.61 Å². The molecule has 0 heterocycles. The molecular formula is C15H23NO2. The van der Waals surface area contributed by atoms with Gasteiger partial charge in [0, 0.05) is 12.6 Å². The summed E-state index contributed by atoms with van der Waals surface area (Å²) in [4.78, 5) is 0. The summed E-state index contributed by atoms with van der Waals surface area (Å²) >= 11 is 0. The maximum Gasteiger partial charge on any atom is 0.0827 e. The Morgan fingerprint density at radius 1 is 1.44 bits per heavy atom. The molecule has 1 aliphatic carbocycles. The lowest BCUT2D eigenvalue weighted by Gasteiger charge is -2.26. The van der Waals surface area contributed by atoms with E-state index >= 15 is 0 Å². The maximum absolute atomic E-state index is 9.10. The molecule has 1 aromatic rings. The van der Waals surface area contributed by atoms with E-state index in [0.717, 1.165) is 12.8 Å². The lowest BCUT2D eigenvalue weighted by molar-refractivity contribution is 0.0323. The predicted octanol–water partition coefficient (Wildman–Crippen LogP) is 2.05. The zero-order valence-electron chi connectivity index (χ0n) is 11.1. The summed E-state index contributed by atoms with van der Waals surface area (Å²) in [5.41, 5.74) is 2.79. The zero-order valence-corrected chi connectivity index (χ0v) is 11.1. The van der Waals surface area contributed by atoms with Crippen molar-refractivity contribution in [3.05, 3.63) is 35.4 Å². The number of hydrogen-bond acceptors (Lipinski definition) is 3. The van der Waals surface area contributed by atoms with Gasteiger partial charge in [-0.1, -0.05) is 24.3 Å². The summed E-state index contributed by atoms with van der Waals surface area (Å²) in [5, 5.41) is 12.2. The van der Waals surface area contributed by atoms with Crippen LogP contribution in [0.5, 0.6) is 0 Å². The molecule has 0 aromatic heterocycles. The monoisotopic (exact) mass is 249 g/mol. The Labute approximate surface area is 109 Å². The average Bonchev–Trinajstić information content (AvgIpc) is 2.44. The number of fused-ring (bicyclic) bond motifs is 1. The molecule has 0 aliphatic heterocycles. The molecule has 2 unspecified atom stereocenters. The highest BCUT2D eigenvalue weighted by Crippen LogP contribution is 2.32. The molecule has 100 valence electrons. The molecule has 3 nitrogen and oxygen atoms in total. The number of hydrogen-bond donors (Lipinski definition) is 2. The Bertz CT molecular complexity index is 363. The first-order valence-electron chi connectivity index (χ1n) is 6.82. The quantitative estimate of drug-likeness (QED) is 0.811. The van der Waals surface area contributed by atoms with E-state index in [-0.39, 0.29) is 18.8 Å². The smallest absolute Gasteiger partial charge is 0.0827 e. The average molecular weight is 249 g/mol. The van der Waals surface area contributed by atoms with E-state index in [1.54, 1.807) is 0 Å². The van der Waals surface area contributed by atoms with Crippen molar-refractivity contribution < 1.29 is 9.84 Å². The van der Waals surface area contributed by atoms with Gasteiger partial charge in [-0.3, -0.25) is 0 Å². The number of likely N-dealkylation sites (N-methyl/N-ethyl adjacent to an activating group) is 1. The Morgan fingerprint density at radius 3 is 3.06 bits per heavy atom. The molecule has 3 heteroatoms. The lowest BCUT2D eigenvalue weighted by atomic mass is 9.89. The van der Waals surface area contributed by atoms with Crippen molar-refractivity contribution in [3.8, 4) is 0 Å². The molecule has 0 radical (unpaired) electrons. The predicted molar refractivity (Wildman–Crippen MR) is 72.6 cm³/mol. The molecule has 1 aliphatic rings. The van der Waals surface area contributed by atoms with Crippen LogP contribution in [-0.2, 0) is 11.2 Å². The molecular weight excluding hydrogens is 226 g/mol. The van der Waals surface area contributed by atoms with Crippen LogP contribution in [0.25, 0.3) is 0 Å². The second-order valence-electron chi connectivity index (χ2n) is 4.91. The fourth-order valence-corrected chi connectivity index (χ4v) is 2.56. The fourth-order valence-electron chi connectivity index (χ4n) is 2.56. The van der Waals surface area contributed by atoms with Crippen molar-refractivity contribution in [3.63, 3.8) is 0 Å². The van der Waals surface area contributed by atoms with Gasteiger partial charge in [-0.2, -0.15) is 0 Å². The van der Waals surface area contributed by atoms with Crippen molar-refractivity contribution in [2.75, 3.05) is 20.3 Å². The second kappa shape index (κ2) is 6.88. The van der Waals surface area contributed by atoms with Gasteiger partial charge in [0.1, 0.15) is 0 Å². The van der Waals surface area contributed by atoms with Gasteiger partial charge in [0.2, 0.25) is 0 Å². The van der Waals surface area contributed by atoms with Gasteiger partial charge in [0.25, 0.3) is 0 Å². The number of nitrogens with one attached hydrogen (secondary N) is 1. The molecule has 0 bridgehead atoms. The van der Waals surface area contributed by atoms with Crippen molar-refractivity contribution in [2.24, 2.45) is 0 Å². The Hall–Kier alpha value is -0.900. The van der Waals surface area contributed by atoms with E-state index in [1.807, 2.05) is 7.05 Å². The summed E-state index contributed by atoms with van der Waals surface area (Å²) in [7, 11) is 1.87. The third kappa shape index (κ3) is 3.31. The first kappa shape index (κ1) is 13.5. The van der Waals surface area contributed by atoms with E-state index in [1.165, 1.54) is 24.0 Å². The van der Waals surface area contributed by atoms with E-state index < -0.39 is 0 Å². The van der Waals surface area contributed by atoms with Gasteiger partial charge in [-0.25, -0.2) is 0 Å². The highest BCUT2D eigenvalue weighted by molar-refractivity contribution is 5.31. The van der Waals surface area contributed by atoms with Crippen LogP contribution in [0, 0.1) is 0 Å². The van der Waals surface area contributed by atoms with Crippen molar-refractivity contribution in [1.29, 1.82) is 0 Å². The third-order valence-corrected chi connectivity index (χ3v) is 3.73. The van der Waals surface area contributed by atoms with Gasteiger partial charge in [-0.15, -0.1) is 0 Å². The molecule has 2 N–H and O–H groups in total. The van der Waals surface area contributed by atoms with Gasteiger partial charge in [-0.05, 0) is 43.9 Å². The molecule has 0 fully saturated rings. The topological polar surface area (TPSA) is 41.5 Å². The van der Waals surface area contributed by atoms with Crippen molar-refractivity contribution in [1.82, 2.24) is 5.32 Å². The first-order chi connectivity index (χ1) is 8.85. The van der Waals surface area contributed by atoms with Crippen LogP contribution in [0.3, 0.4) is 0 Å². The summed E-state index contributed by atoms with van der Waals surface area (Å²) in [6.07, 6.45) is 4.58. The molecule has 2 rings (SSSR count). The summed E-state index contributed by atoms with van der Waals surface area (Å²) < 4.78 is 5.99. The maximum atomic E-state index is 9.10. The Kier molecular flexibility index (Phi) is 5.17. The number of aliphatic hydroxyl groups is 1. The van der Waals surface area contributed by atoms with Crippen LogP contribution < -0.4 is 5.32 Å². The summed E-state index contributed by atoms with van der Waals surface area (Å²) in [6, 6.07) is 8.72. The van der Waals surface area contributed by atoms with E-state index in [9.17, 15) is 0 Å². The number of ether oxygens (including phenoxy) is 1. The molecule has 1 aromatic carbocycles. The molecule has 0 saturated heterocycles. The van der Waals surface area contributed by atoms with Gasteiger partial charge in [0.15, 0.2) is 0 Å². The normalized spacial score (nSPS) is 20.4. The first-order valence-corrected chi connectivity index (χ1v) is 6.82. The Balaban J connectivity index is 1.87. The number of aryl methyl sites for hydroxylation is 1. The van der Waals surface area contributed by atoms with Gasteiger partial charge in [0.05, 0.1) is 12.7 Å². The van der Waals surface area contributed by atoms with Crippen LogP contribution in [0.2, 0.25) is 0 Å². The zero-order chi connectivity index (χ0) is 12.8. The highest BCUT2D eigenvalue weighted by Gasteiger charge is 2.20. The SMILES string of the molecule is CNC(CO)CCOC1CCCc2ccccc21. The molecule has 2 atom stereocenters.